The zero-order chi connectivity index (χ0) is 13.2. The molecule has 0 aliphatic heterocycles. The number of aryl methyl sites for hydroxylation is 1. The minimum atomic E-state index is 0.299. The van der Waals surface area contributed by atoms with Gasteiger partial charge in [0.1, 0.15) is 11.5 Å². The Morgan fingerprint density at radius 2 is 1.78 bits per heavy atom. The second-order valence-corrected chi connectivity index (χ2v) is 4.83. The number of phenolic OH excluding ortho intramolecular Hbond substituents is 1. The van der Waals surface area contributed by atoms with Gasteiger partial charge >= 0.3 is 0 Å². The molecule has 1 aromatic rings. The minimum absolute atomic E-state index is 0.299. The van der Waals surface area contributed by atoms with E-state index in [1.165, 1.54) is 19.3 Å². The van der Waals surface area contributed by atoms with Crippen LogP contribution in [0.25, 0.3) is 0 Å². The number of phenols is 1. The standard InChI is InChI=1S/C16H24O2/c1-2-3-4-5-6-10-15(17)13-12-14-9-7-8-11-16(14)18/h7-9,11,18H,2-6,10,12-13H2,1H3. The van der Waals surface area contributed by atoms with E-state index in [1.807, 2.05) is 12.1 Å². The highest BCUT2D eigenvalue weighted by atomic mass is 16.3. The van der Waals surface area contributed by atoms with Crippen LogP contribution >= 0.6 is 0 Å². The normalized spacial score (nSPS) is 10.5. The first-order chi connectivity index (χ1) is 8.74. The average molecular weight is 248 g/mol. The molecule has 0 unspecified atom stereocenters. The van der Waals surface area contributed by atoms with Crippen molar-refractivity contribution in [3.8, 4) is 5.75 Å². The van der Waals surface area contributed by atoms with E-state index < -0.39 is 0 Å². The van der Waals surface area contributed by atoms with Gasteiger partial charge in [-0.15, -0.1) is 0 Å². The highest BCUT2D eigenvalue weighted by Crippen LogP contribution is 2.18. The molecule has 0 spiro atoms. The largest absolute Gasteiger partial charge is 0.508 e. The number of unbranched alkanes of at least 4 members (excludes halogenated alkanes) is 4. The smallest absolute Gasteiger partial charge is 0.133 e. The Morgan fingerprint density at radius 3 is 2.50 bits per heavy atom. The van der Waals surface area contributed by atoms with Gasteiger partial charge in [0, 0.05) is 12.8 Å². The van der Waals surface area contributed by atoms with Crippen molar-refractivity contribution in [1.82, 2.24) is 0 Å². The lowest BCUT2D eigenvalue weighted by Gasteiger charge is -2.04. The van der Waals surface area contributed by atoms with Crippen LogP contribution in [0.5, 0.6) is 5.75 Å². The Balaban J connectivity index is 2.15. The van der Waals surface area contributed by atoms with Crippen LogP contribution in [0, 0.1) is 0 Å². The number of carbonyl (C=O) groups excluding carboxylic acids is 1. The second-order valence-electron chi connectivity index (χ2n) is 4.83. The second kappa shape index (κ2) is 8.73. The summed E-state index contributed by atoms with van der Waals surface area (Å²) >= 11 is 0. The molecule has 18 heavy (non-hydrogen) atoms. The van der Waals surface area contributed by atoms with Crippen LogP contribution in [-0.4, -0.2) is 10.9 Å². The maximum absolute atomic E-state index is 11.7. The van der Waals surface area contributed by atoms with Crippen LogP contribution in [0.1, 0.15) is 57.4 Å². The third-order valence-electron chi connectivity index (χ3n) is 3.22. The minimum Gasteiger partial charge on any atom is -0.508 e. The predicted octanol–water partition coefficient (Wildman–Crippen LogP) is 4.25. The number of hydrogen-bond acceptors (Lipinski definition) is 2. The monoisotopic (exact) mass is 248 g/mol. The highest BCUT2D eigenvalue weighted by molar-refractivity contribution is 5.78. The Morgan fingerprint density at radius 1 is 1.06 bits per heavy atom. The molecule has 100 valence electrons. The summed E-state index contributed by atoms with van der Waals surface area (Å²) in [4.78, 5) is 11.7. The molecule has 0 saturated heterocycles. The van der Waals surface area contributed by atoms with E-state index in [1.54, 1.807) is 12.1 Å². The van der Waals surface area contributed by atoms with Gasteiger partial charge in [0.25, 0.3) is 0 Å². The van der Waals surface area contributed by atoms with Crippen molar-refractivity contribution in [1.29, 1.82) is 0 Å². The molecule has 0 radical (unpaired) electrons. The number of carbonyl (C=O) groups is 1. The fourth-order valence-corrected chi connectivity index (χ4v) is 2.05. The van der Waals surface area contributed by atoms with Crippen molar-refractivity contribution in [2.75, 3.05) is 0 Å². The van der Waals surface area contributed by atoms with Crippen molar-refractivity contribution in [3.05, 3.63) is 29.8 Å². The predicted molar refractivity (Wildman–Crippen MR) is 74.8 cm³/mol. The van der Waals surface area contributed by atoms with Gasteiger partial charge in [-0.1, -0.05) is 50.8 Å². The molecule has 0 aliphatic carbocycles. The van der Waals surface area contributed by atoms with Crippen molar-refractivity contribution < 1.29 is 9.90 Å². The molecule has 0 atom stereocenters. The van der Waals surface area contributed by atoms with Crippen LogP contribution < -0.4 is 0 Å². The molecule has 1 rings (SSSR count). The van der Waals surface area contributed by atoms with E-state index in [0.717, 1.165) is 18.4 Å². The van der Waals surface area contributed by atoms with Gasteiger partial charge < -0.3 is 5.11 Å². The van der Waals surface area contributed by atoms with Crippen molar-refractivity contribution in [2.24, 2.45) is 0 Å². The van der Waals surface area contributed by atoms with Gasteiger partial charge in [-0.3, -0.25) is 4.79 Å². The van der Waals surface area contributed by atoms with Gasteiger partial charge in [-0.2, -0.15) is 0 Å². The van der Waals surface area contributed by atoms with Gasteiger partial charge in [-0.25, -0.2) is 0 Å². The Hall–Kier alpha value is -1.31. The third kappa shape index (κ3) is 5.85. The quantitative estimate of drug-likeness (QED) is 0.663. The molecular weight excluding hydrogens is 224 g/mol. The fourth-order valence-electron chi connectivity index (χ4n) is 2.05. The summed E-state index contributed by atoms with van der Waals surface area (Å²) in [6, 6.07) is 7.24. The number of aromatic hydroxyl groups is 1. The number of ketones is 1. The molecular formula is C16H24O2. The lowest BCUT2D eigenvalue weighted by molar-refractivity contribution is -0.119. The maximum atomic E-state index is 11.7. The number of Topliss-reactive ketones (excluding diaryl/α,β-unsaturated/α-hetero) is 1. The molecule has 0 amide bonds. The average Bonchev–Trinajstić information content (AvgIpc) is 2.37. The Labute approximate surface area is 110 Å². The lowest BCUT2D eigenvalue weighted by Crippen LogP contribution is -2.00. The van der Waals surface area contributed by atoms with Crippen LogP contribution in [0.15, 0.2) is 24.3 Å². The zero-order valence-electron chi connectivity index (χ0n) is 11.3. The molecule has 0 bridgehead atoms. The topological polar surface area (TPSA) is 37.3 Å². The summed E-state index contributed by atoms with van der Waals surface area (Å²) in [6.07, 6.45) is 7.81. The molecule has 1 N–H and O–H groups in total. The summed E-state index contributed by atoms with van der Waals surface area (Å²) in [5.74, 6) is 0.614. The van der Waals surface area contributed by atoms with Gasteiger partial charge in [0.05, 0.1) is 0 Å². The van der Waals surface area contributed by atoms with Gasteiger partial charge in [0.15, 0.2) is 0 Å². The Bertz CT molecular complexity index is 358. The summed E-state index contributed by atoms with van der Waals surface area (Å²) in [5.41, 5.74) is 0.872. The van der Waals surface area contributed by atoms with Crippen molar-refractivity contribution in [3.63, 3.8) is 0 Å². The third-order valence-corrected chi connectivity index (χ3v) is 3.22. The number of para-hydroxylation sites is 1. The molecule has 0 aliphatic rings. The maximum Gasteiger partial charge on any atom is 0.133 e. The number of hydrogen-bond donors (Lipinski definition) is 1. The van der Waals surface area contributed by atoms with Crippen molar-refractivity contribution >= 4 is 5.78 Å². The first-order valence-corrected chi connectivity index (χ1v) is 7.02. The van der Waals surface area contributed by atoms with E-state index >= 15 is 0 Å². The van der Waals surface area contributed by atoms with Gasteiger partial charge in [-0.05, 0) is 24.5 Å². The fraction of sp³-hybridized carbons (Fsp3) is 0.562. The summed E-state index contributed by atoms with van der Waals surface area (Å²) in [7, 11) is 0. The van der Waals surface area contributed by atoms with E-state index in [2.05, 4.69) is 6.92 Å². The number of rotatable bonds is 9. The van der Waals surface area contributed by atoms with Crippen LogP contribution in [-0.2, 0) is 11.2 Å². The first-order valence-electron chi connectivity index (χ1n) is 7.02. The van der Waals surface area contributed by atoms with E-state index in [0.29, 0.717) is 30.8 Å². The molecule has 0 aromatic heterocycles. The number of benzene rings is 1. The van der Waals surface area contributed by atoms with E-state index in [4.69, 9.17) is 0 Å². The molecule has 0 heterocycles. The zero-order valence-corrected chi connectivity index (χ0v) is 11.3. The van der Waals surface area contributed by atoms with Gasteiger partial charge in [0.2, 0.25) is 0 Å². The Kier molecular flexibility index (Phi) is 7.16. The molecule has 2 nitrogen and oxygen atoms in total. The van der Waals surface area contributed by atoms with Crippen LogP contribution in [0.2, 0.25) is 0 Å². The van der Waals surface area contributed by atoms with E-state index in [-0.39, 0.29) is 0 Å². The molecule has 2 heteroatoms. The lowest BCUT2D eigenvalue weighted by atomic mass is 10.0. The van der Waals surface area contributed by atoms with Crippen LogP contribution in [0.4, 0.5) is 0 Å². The molecule has 0 fully saturated rings. The summed E-state index contributed by atoms with van der Waals surface area (Å²) < 4.78 is 0. The molecule has 0 saturated carbocycles. The summed E-state index contributed by atoms with van der Waals surface area (Å²) in [5, 5.41) is 9.59. The first kappa shape index (κ1) is 14.7. The molecule has 1 aromatic carbocycles. The summed E-state index contributed by atoms with van der Waals surface area (Å²) in [6.45, 7) is 2.19. The SMILES string of the molecule is CCCCCCCC(=O)CCc1ccccc1O. The van der Waals surface area contributed by atoms with E-state index in [9.17, 15) is 9.90 Å². The highest BCUT2D eigenvalue weighted by Gasteiger charge is 2.05. The van der Waals surface area contributed by atoms with Crippen molar-refractivity contribution in [2.45, 2.75) is 58.3 Å². The van der Waals surface area contributed by atoms with Crippen LogP contribution in [0.3, 0.4) is 0 Å².